The topological polar surface area (TPSA) is 51.2 Å². The van der Waals surface area contributed by atoms with Crippen LogP contribution in [0.5, 0.6) is 5.75 Å². The van der Waals surface area contributed by atoms with Gasteiger partial charge in [-0.2, -0.15) is 0 Å². The normalized spacial score (nSPS) is 10.4. The van der Waals surface area contributed by atoms with Crippen molar-refractivity contribution in [2.24, 2.45) is 0 Å². The number of ether oxygens (including phenoxy) is 1. The van der Waals surface area contributed by atoms with E-state index in [2.05, 4.69) is 22.1 Å². The van der Waals surface area contributed by atoms with E-state index in [4.69, 9.17) is 4.74 Å². The van der Waals surface area contributed by atoms with Crippen molar-refractivity contribution >= 4 is 16.8 Å². The van der Waals surface area contributed by atoms with Gasteiger partial charge in [-0.1, -0.05) is 78.6 Å². The van der Waals surface area contributed by atoms with Crippen molar-refractivity contribution in [3.63, 3.8) is 0 Å². The zero-order valence-electron chi connectivity index (χ0n) is 17.0. The number of amides is 1. The first-order chi connectivity index (χ1) is 15.3. The van der Waals surface area contributed by atoms with Crippen LogP contribution < -0.4 is 10.1 Å². The maximum atomic E-state index is 12.9. The maximum Gasteiger partial charge on any atom is 0.232 e. The van der Waals surface area contributed by atoms with Crippen LogP contribution in [0.15, 0.2) is 97.2 Å². The lowest BCUT2D eigenvalue weighted by molar-refractivity contribution is -0.121. The van der Waals surface area contributed by atoms with Crippen LogP contribution in [-0.4, -0.2) is 24.0 Å². The molecular weight excluding hydrogens is 384 g/mol. The Bertz CT molecular complexity index is 1170. The van der Waals surface area contributed by atoms with Crippen molar-refractivity contribution < 1.29 is 9.53 Å². The maximum absolute atomic E-state index is 12.9. The quantitative estimate of drug-likeness (QED) is 0.478. The molecule has 0 saturated heterocycles. The number of pyridine rings is 1. The first kappa shape index (κ1) is 20.2. The number of benzene rings is 3. The molecule has 4 heteroatoms. The van der Waals surface area contributed by atoms with Gasteiger partial charge in [-0.15, -0.1) is 0 Å². The zero-order valence-corrected chi connectivity index (χ0v) is 17.0. The molecule has 31 heavy (non-hydrogen) atoms. The summed E-state index contributed by atoms with van der Waals surface area (Å²) in [4.78, 5) is 17.2. The van der Waals surface area contributed by atoms with E-state index in [0.717, 1.165) is 27.8 Å². The van der Waals surface area contributed by atoms with E-state index < -0.39 is 0 Å². The fourth-order valence-corrected chi connectivity index (χ4v) is 3.39. The van der Waals surface area contributed by atoms with Gasteiger partial charge in [-0.05, 0) is 29.3 Å². The monoisotopic (exact) mass is 406 g/mol. The van der Waals surface area contributed by atoms with Gasteiger partial charge in [0.25, 0.3) is 0 Å². The van der Waals surface area contributed by atoms with Gasteiger partial charge in [0.1, 0.15) is 12.4 Å². The fourth-order valence-electron chi connectivity index (χ4n) is 3.39. The van der Waals surface area contributed by atoms with Crippen LogP contribution in [-0.2, 0) is 4.79 Å². The Morgan fingerprint density at radius 3 is 2.29 bits per heavy atom. The summed E-state index contributed by atoms with van der Waals surface area (Å²) in [6, 6.07) is 29.2. The lowest BCUT2D eigenvalue weighted by Gasteiger charge is -2.17. The highest BCUT2D eigenvalue weighted by Crippen LogP contribution is 2.24. The Morgan fingerprint density at radius 1 is 0.871 bits per heavy atom. The first-order valence-corrected chi connectivity index (χ1v) is 10.1. The molecule has 0 radical (unpaired) electrons. The van der Waals surface area contributed by atoms with E-state index in [1.165, 1.54) is 0 Å². The summed E-state index contributed by atoms with van der Waals surface area (Å²) >= 11 is 0. The number of fused-ring (bicyclic) bond motifs is 1. The average molecular weight is 406 g/mol. The third kappa shape index (κ3) is 5.29. The van der Waals surface area contributed by atoms with Gasteiger partial charge in [0.05, 0.1) is 18.0 Å². The molecule has 0 atom stereocenters. The number of nitrogens with zero attached hydrogens (tertiary/aromatic N) is 1. The molecule has 0 aliphatic carbocycles. The van der Waals surface area contributed by atoms with Crippen molar-refractivity contribution in [2.75, 3.05) is 13.2 Å². The largest absolute Gasteiger partial charge is 0.481 e. The molecular formula is C27H22N2O2. The number of aromatic nitrogens is 1. The van der Waals surface area contributed by atoms with E-state index in [1.54, 1.807) is 6.20 Å². The molecule has 0 unspecified atom stereocenters. The molecule has 4 rings (SSSR count). The molecule has 0 saturated carbocycles. The second kappa shape index (κ2) is 10.1. The van der Waals surface area contributed by atoms with Crippen molar-refractivity contribution in [3.8, 4) is 17.6 Å². The Hall–Kier alpha value is -4.10. The van der Waals surface area contributed by atoms with Crippen LogP contribution >= 0.6 is 0 Å². The average Bonchev–Trinajstić information content (AvgIpc) is 2.83. The number of hydrogen-bond donors (Lipinski definition) is 1. The lowest BCUT2D eigenvalue weighted by Crippen LogP contribution is -2.30. The minimum absolute atomic E-state index is 0.0757. The van der Waals surface area contributed by atoms with Gasteiger partial charge in [0.2, 0.25) is 5.91 Å². The number of hydrogen-bond acceptors (Lipinski definition) is 3. The van der Waals surface area contributed by atoms with Crippen molar-refractivity contribution in [1.82, 2.24) is 10.3 Å². The molecule has 1 heterocycles. The highest BCUT2D eigenvalue weighted by molar-refractivity contribution is 5.87. The molecule has 0 spiro atoms. The molecule has 0 fully saturated rings. The molecule has 0 aliphatic heterocycles. The van der Waals surface area contributed by atoms with Crippen LogP contribution in [0.25, 0.3) is 10.9 Å². The first-order valence-electron chi connectivity index (χ1n) is 10.1. The minimum atomic E-state index is -0.370. The van der Waals surface area contributed by atoms with Crippen LogP contribution in [0.3, 0.4) is 0 Å². The van der Waals surface area contributed by atoms with Gasteiger partial charge in [0.15, 0.2) is 0 Å². The number of rotatable bonds is 6. The molecule has 4 aromatic rings. The summed E-state index contributed by atoms with van der Waals surface area (Å²) in [6.07, 6.45) is 1.76. The molecule has 0 aliphatic rings. The molecule has 0 bridgehead atoms. The van der Waals surface area contributed by atoms with Gasteiger partial charge >= 0.3 is 0 Å². The summed E-state index contributed by atoms with van der Waals surface area (Å²) in [5.41, 5.74) is 2.79. The summed E-state index contributed by atoms with van der Waals surface area (Å²) in [5, 5.41) is 3.99. The smallest absolute Gasteiger partial charge is 0.232 e. The standard InChI is InChI=1S/C27H22N2O2/c30-27(26(22-10-3-1-4-11-22)23-12-5-2-6-13-23)29-17-7-8-19-31-24-16-15-21-14-9-18-28-25(21)20-24/h1-6,9-16,18,20,26H,17,19H2,(H,29,30). The Morgan fingerprint density at radius 2 is 1.58 bits per heavy atom. The van der Waals surface area contributed by atoms with Gasteiger partial charge in [0, 0.05) is 17.6 Å². The van der Waals surface area contributed by atoms with E-state index in [-0.39, 0.29) is 25.0 Å². The molecule has 1 N–H and O–H groups in total. The predicted molar refractivity (Wildman–Crippen MR) is 123 cm³/mol. The second-order valence-corrected chi connectivity index (χ2v) is 6.97. The number of carbonyl (C=O) groups excluding carboxylic acids is 1. The van der Waals surface area contributed by atoms with E-state index in [9.17, 15) is 4.79 Å². The van der Waals surface area contributed by atoms with Crippen LogP contribution in [0, 0.1) is 11.8 Å². The SMILES string of the molecule is O=C(NCC#CCOc1ccc2cccnc2c1)C(c1ccccc1)c1ccccc1. The van der Waals surface area contributed by atoms with E-state index >= 15 is 0 Å². The molecule has 1 aromatic heterocycles. The van der Waals surface area contributed by atoms with Crippen LogP contribution in [0.2, 0.25) is 0 Å². The summed E-state index contributed by atoms with van der Waals surface area (Å²) < 4.78 is 5.68. The van der Waals surface area contributed by atoms with Crippen LogP contribution in [0.1, 0.15) is 17.0 Å². The number of nitrogens with one attached hydrogen (secondary N) is 1. The minimum Gasteiger partial charge on any atom is -0.481 e. The van der Waals surface area contributed by atoms with Crippen molar-refractivity contribution in [2.45, 2.75) is 5.92 Å². The summed E-state index contributed by atoms with van der Waals surface area (Å²) in [6.45, 7) is 0.507. The van der Waals surface area contributed by atoms with Crippen molar-refractivity contribution in [1.29, 1.82) is 0 Å². The van der Waals surface area contributed by atoms with E-state index in [0.29, 0.717) is 0 Å². The van der Waals surface area contributed by atoms with Gasteiger partial charge in [-0.25, -0.2) is 0 Å². The second-order valence-electron chi connectivity index (χ2n) is 6.97. The lowest BCUT2D eigenvalue weighted by atomic mass is 9.90. The van der Waals surface area contributed by atoms with E-state index in [1.807, 2.05) is 91.0 Å². The highest BCUT2D eigenvalue weighted by atomic mass is 16.5. The Kier molecular flexibility index (Phi) is 6.57. The van der Waals surface area contributed by atoms with Gasteiger partial charge < -0.3 is 10.1 Å². The van der Waals surface area contributed by atoms with Crippen LogP contribution in [0.4, 0.5) is 0 Å². The Balaban J connectivity index is 1.34. The zero-order chi connectivity index (χ0) is 21.3. The fraction of sp³-hybridized carbons (Fsp3) is 0.111. The molecule has 152 valence electrons. The number of carbonyl (C=O) groups is 1. The molecule has 1 amide bonds. The third-order valence-corrected chi connectivity index (χ3v) is 4.89. The molecule has 3 aromatic carbocycles. The predicted octanol–water partition coefficient (Wildman–Crippen LogP) is 4.57. The Labute approximate surface area is 181 Å². The van der Waals surface area contributed by atoms with Gasteiger partial charge in [-0.3, -0.25) is 9.78 Å². The summed E-state index contributed by atoms with van der Waals surface area (Å²) in [5.74, 6) is 6.18. The third-order valence-electron chi connectivity index (χ3n) is 4.89. The summed E-state index contributed by atoms with van der Waals surface area (Å²) in [7, 11) is 0. The van der Waals surface area contributed by atoms with Crippen molar-refractivity contribution in [3.05, 3.63) is 108 Å². The molecule has 4 nitrogen and oxygen atoms in total. The highest BCUT2D eigenvalue weighted by Gasteiger charge is 2.21.